The van der Waals surface area contributed by atoms with Gasteiger partial charge in [0.05, 0.1) is 0 Å². The number of rotatable bonds is 0. The smallest absolute Gasteiger partial charge is 0.0362 e. The lowest BCUT2D eigenvalue weighted by molar-refractivity contribution is 0.521. The average Bonchev–Trinajstić information content (AvgIpc) is 4.09. The summed E-state index contributed by atoms with van der Waals surface area (Å²) in [5.41, 5.74) is 26.1. The van der Waals surface area contributed by atoms with E-state index < -0.39 is 0 Å². The van der Waals surface area contributed by atoms with Crippen molar-refractivity contribution in [3.63, 3.8) is 0 Å². The van der Waals surface area contributed by atoms with Crippen molar-refractivity contribution in [2.24, 2.45) is 5.92 Å². The zero-order chi connectivity index (χ0) is 34.6. The van der Waals surface area contributed by atoms with Crippen molar-refractivity contribution in [2.75, 3.05) is 0 Å². The monoisotopic (exact) mass is 726 g/mol. The molecule has 0 heteroatoms. The van der Waals surface area contributed by atoms with Crippen LogP contribution in [0.15, 0.2) is 22.3 Å². The summed E-state index contributed by atoms with van der Waals surface area (Å²) in [4.78, 5) is 0. The van der Waals surface area contributed by atoms with E-state index in [2.05, 4.69) is 0 Å². The van der Waals surface area contributed by atoms with Gasteiger partial charge in [0.1, 0.15) is 0 Å². The maximum absolute atomic E-state index is 1.95. The third-order valence-corrected chi connectivity index (χ3v) is 23.9. The molecule has 4 atom stereocenters. The molecule has 0 nitrogen and oxygen atoms in total. The van der Waals surface area contributed by atoms with E-state index in [-0.39, 0.29) is 0 Å². The van der Waals surface area contributed by atoms with Crippen molar-refractivity contribution in [2.45, 2.75) is 29.6 Å². The van der Waals surface area contributed by atoms with Gasteiger partial charge in [-0.05, 0) is 293 Å². The summed E-state index contributed by atoms with van der Waals surface area (Å²) in [7, 11) is 0. The van der Waals surface area contributed by atoms with Crippen molar-refractivity contribution in [3.8, 4) is 0 Å². The molecule has 0 N–H and O–H groups in total. The van der Waals surface area contributed by atoms with Gasteiger partial charge in [0.2, 0.25) is 0 Å². The molecule has 0 aromatic heterocycles. The molecule has 0 radical (unpaired) electrons. The van der Waals surface area contributed by atoms with Gasteiger partial charge >= 0.3 is 0 Å². The van der Waals surface area contributed by atoms with E-state index in [1.165, 1.54) is 0 Å². The fraction of sp³-hybridized carbons (Fsp3) is 0.100. The molecule has 11 aliphatic rings. The highest BCUT2D eigenvalue weighted by atomic mass is 14.7. The van der Waals surface area contributed by atoms with E-state index in [0.29, 0.717) is 35.5 Å². The van der Waals surface area contributed by atoms with E-state index in [4.69, 9.17) is 0 Å². The first-order valence-electron chi connectivity index (χ1n) is 23.2. The summed E-state index contributed by atoms with van der Waals surface area (Å²) in [5.74, 6) is 2.80. The second-order valence-corrected chi connectivity index (χ2v) is 23.6. The quantitative estimate of drug-likeness (QED) is 0.137. The van der Waals surface area contributed by atoms with E-state index in [1.807, 2.05) is 77.9 Å². The highest BCUT2D eigenvalue weighted by molar-refractivity contribution is 6.77. The number of hydrogen-bond donors (Lipinski definition) is 0. The zero-order valence-corrected chi connectivity index (χ0v) is 30.5. The van der Waals surface area contributed by atoms with Crippen LogP contribution >= 0.6 is 0 Å². The number of hydrogen-bond acceptors (Lipinski definition) is 0. The topological polar surface area (TPSA) is 0 Å². The largest absolute Gasteiger partial charge is 0.0456 e. The highest BCUT2D eigenvalue weighted by Crippen LogP contribution is 2.87. The first-order chi connectivity index (χ1) is 30.0. The van der Waals surface area contributed by atoms with Gasteiger partial charge in [0.25, 0.3) is 0 Å². The Kier molecular flexibility index (Phi) is 1.56. The Balaban J connectivity index is 1.26. The normalized spacial score (nSPS) is 28.2. The molecule has 0 saturated heterocycles. The summed E-state index contributed by atoms with van der Waals surface area (Å²) in [6.07, 6.45) is 0. The Morgan fingerprint density at radius 3 is 0.533 bits per heavy atom. The maximum atomic E-state index is 1.95. The van der Waals surface area contributed by atoms with Gasteiger partial charge in [-0.1, -0.05) is 0 Å². The second-order valence-electron chi connectivity index (χ2n) is 23.6. The van der Waals surface area contributed by atoms with E-state index in [9.17, 15) is 0 Å². The minimum atomic E-state index is 0.432. The fourth-order valence-corrected chi connectivity index (χ4v) is 24.3. The van der Waals surface area contributed by atoms with Gasteiger partial charge in [0, 0.05) is 35.5 Å². The molecule has 0 bridgehead atoms. The van der Waals surface area contributed by atoms with Crippen LogP contribution in [0, 0.1) is 5.92 Å². The lowest BCUT2D eigenvalue weighted by atomic mass is 9.57. The minimum absolute atomic E-state index is 0.432. The standard InChI is InChI=1S/C60H6/c1-2-5-6-3(1)8-12-10-4(1)9-11-7(2)17-21-13(5)23-24-14(6)22-18(8)28-20(12)30-26-16(10)15(9)25-29-19(11)27(17)37-41-31(21)33(23)43-44-34(24)32(22)42-38(28)48-40(30)46-36(26)35(25)45-39(29)47(37)55-49(41)51(43)57-52(44)50(42)56(48)59-54(46)53(45)58(55)60(57)59/h1,4,7-8,13-14H. The van der Waals surface area contributed by atoms with Crippen LogP contribution in [0.2, 0.25) is 0 Å². The van der Waals surface area contributed by atoms with E-state index in [1.54, 1.807) is 215 Å². The van der Waals surface area contributed by atoms with E-state index in [0.717, 1.165) is 0 Å². The average molecular weight is 727 g/mol. The molecule has 32 rings (SSSR count). The molecule has 0 spiro atoms. The van der Waals surface area contributed by atoms with Gasteiger partial charge in [0.15, 0.2) is 0 Å². The van der Waals surface area contributed by atoms with Crippen molar-refractivity contribution in [3.05, 3.63) is 77.9 Å². The Labute approximate surface area is 327 Å². The zero-order valence-electron chi connectivity index (χ0n) is 30.5. The molecule has 4 unspecified atom stereocenters. The van der Waals surface area contributed by atoms with Gasteiger partial charge in [-0.15, -0.1) is 0 Å². The van der Waals surface area contributed by atoms with Crippen LogP contribution in [0.4, 0.5) is 0 Å². The summed E-state index contributed by atoms with van der Waals surface area (Å²) < 4.78 is 0. The predicted molar refractivity (Wildman–Crippen MR) is 245 cm³/mol. The fourth-order valence-electron chi connectivity index (χ4n) is 24.3. The third-order valence-electron chi connectivity index (χ3n) is 23.9. The van der Waals surface area contributed by atoms with Crippen LogP contribution in [-0.4, -0.2) is 0 Å². The first kappa shape index (κ1) is 20.8. The molecule has 0 saturated carbocycles. The van der Waals surface area contributed by atoms with Crippen LogP contribution in [0.1, 0.15) is 85.2 Å². The SMILES string of the molecule is C12=C3C4c5c6c7c8c(c9c%10c%11c%12c%13c%14c%15c%16c%17c%18c%19c(c4c4c5c5c7c7c%20c8c%10c8c%10c%11c%14c%11c%14c%15c%18c%15c%18c%19c4c4c5c7c5c(c%208)c(c%10%11)c(c%14%15)c5c4%18)C%17C3C(=C1C9%12)C%13%16)C26. The van der Waals surface area contributed by atoms with E-state index >= 15 is 0 Å². The molecule has 0 heterocycles. The third kappa shape index (κ3) is 1.02. The van der Waals surface area contributed by atoms with Gasteiger partial charge in [-0.25, -0.2) is 0 Å². The molecular weight excluding hydrogens is 721 g/mol. The molecule has 0 fully saturated rings. The van der Waals surface area contributed by atoms with Crippen LogP contribution in [0.25, 0.3) is 215 Å². The van der Waals surface area contributed by atoms with Crippen LogP contribution in [0.3, 0.4) is 0 Å². The summed E-state index contributed by atoms with van der Waals surface area (Å²) in [6.45, 7) is 0. The molecule has 21 aromatic carbocycles. The highest BCUT2D eigenvalue weighted by Gasteiger charge is 2.68. The molecule has 21 aromatic rings. The lowest BCUT2D eigenvalue weighted by Crippen LogP contribution is -2.33. The summed E-state index contributed by atoms with van der Waals surface area (Å²) in [6, 6.07) is 0. The Bertz CT molecular complexity index is 5970. The van der Waals surface area contributed by atoms with Crippen molar-refractivity contribution >= 4 is 215 Å². The van der Waals surface area contributed by atoms with Crippen LogP contribution < -0.4 is 0 Å². The van der Waals surface area contributed by atoms with Crippen molar-refractivity contribution in [1.29, 1.82) is 0 Å². The molecule has 60 heavy (non-hydrogen) atoms. The van der Waals surface area contributed by atoms with Crippen LogP contribution in [-0.2, 0) is 0 Å². The number of allylic oxidation sites excluding steroid dienone is 4. The summed E-state index contributed by atoms with van der Waals surface area (Å²) >= 11 is 0. The Morgan fingerprint density at radius 2 is 0.300 bits per heavy atom. The maximum Gasteiger partial charge on any atom is 0.0362 e. The first-order valence-corrected chi connectivity index (χ1v) is 23.2. The molecule has 11 aliphatic carbocycles. The predicted octanol–water partition coefficient (Wildman–Crippen LogP) is 15.1. The van der Waals surface area contributed by atoms with Crippen molar-refractivity contribution in [1.82, 2.24) is 0 Å². The molecular formula is C60H6. The van der Waals surface area contributed by atoms with Crippen LogP contribution in [0.5, 0.6) is 0 Å². The van der Waals surface area contributed by atoms with Gasteiger partial charge in [-0.3, -0.25) is 0 Å². The van der Waals surface area contributed by atoms with Crippen molar-refractivity contribution < 1.29 is 0 Å². The minimum Gasteiger partial charge on any atom is -0.0456 e. The second kappa shape index (κ2) is 4.51. The van der Waals surface area contributed by atoms with Gasteiger partial charge < -0.3 is 0 Å². The molecule has 246 valence electrons. The van der Waals surface area contributed by atoms with Gasteiger partial charge in [-0.2, -0.15) is 0 Å². The summed E-state index contributed by atoms with van der Waals surface area (Å²) in [5, 5.41) is 69.1. The lowest BCUT2D eigenvalue weighted by Gasteiger charge is -2.45. The Morgan fingerprint density at radius 1 is 0.133 bits per heavy atom. The molecule has 0 amide bonds. The molecule has 0 aliphatic heterocycles. The Hall–Kier alpha value is -7.02. The number of benzene rings is 15.